The third-order valence-corrected chi connectivity index (χ3v) is 1.60. The largest absolute Gasteiger partial charge is 0.197 e. The fourth-order valence-electron chi connectivity index (χ4n) is 0.855. The summed E-state index contributed by atoms with van der Waals surface area (Å²) in [6.45, 7) is 2.13. The van der Waals surface area contributed by atoms with Crippen LogP contribution in [0.2, 0.25) is 0 Å². The van der Waals surface area contributed by atoms with Gasteiger partial charge in [-0.15, -0.1) is 0 Å². The molecule has 0 N–H and O–H groups in total. The summed E-state index contributed by atoms with van der Waals surface area (Å²) in [6, 6.07) is 0.486. The quantitative estimate of drug-likeness (QED) is 0.487. The first-order valence-electron chi connectivity index (χ1n) is 3.13. The minimum absolute atomic E-state index is 0.486. The fourth-order valence-corrected chi connectivity index (χ4v) is 0.855. The molecule has 1 fully saturated rings. The number of nitrogens with zero attached hydrogens (tertiary/aromatic N) is 2. The topological polar surface area (TPSA) is 24.7 Å². The molecule has 0 aromatic rings. The van der Waals surface area contributed by atoms with Crippen LogP contribution in [0, 0.1) is 5.92 Å². The van der Waals surface area contributed by atoms with E-state index < -0.39 is 0 Å². The van der Waals surface area contributed by atoms with Gasteiger partial charge in [0.15, 0.2) is 0 Å². The molecule has 1 rings (SSSR count). The van der Waals surface area contributed by atoms with Gasteiger partial charge in [-0.1, -0.05) is 0 Å². The summed E-state index contributed by atoms with van der Waals surface area (Å²) in [5.74, 6) is 0.860. The van der Waals surface area contributed by atoms with E-state index in [0.717, 1.165) is 5.92 Å². The van der Waals surface area contributed by atoms with E-state index >= 15 is 0 Å². The fraction of sp³-hybridized carbons (Fsp3) is 1.00. The van der Waals surface area contributed by atoms with Crippen LogP contribution in [0.25, 0.3) is 0 Å². The van der Waals surface area contributed by atoms with Crippen LogP contribution in [0.3, 0.4) is 0 Å². The molecule has 0 spiro atoms. The van der Waals surface area contributed by atoms with Gasteiger partial charge < -0.3 is 0 Å². The molecule has 1 atom stereocenters. The molecule has 1 saturated carbocycles. The molecule has 0 aromatic carbocycles. The Morgan fingerprint density at radius 3 is 2.50 bits per heavy atom. The monoisotopic (exact) mass is 112 g/mol. The van der Waals surface area contributed by atoms with E-state index in [0.29, 0.717) is 6.04 Å². The van der Waals surface area contributed by atoms with Crippen LogP contribution in [-0.2, 0) is 0 Å². The Kier molecular flexibility index (Phi) is 1.61. The smallest absolute Gasteiger partial charge is 0.0708 e. The molecule has 2 heteroatoms. The Morgan fingerprint density at radius 1 is 1.50 bits per heavy atom. The summed E-state index contributed by atoms with van der Waals surface area (Å²) in [5, 5.41) is 7.73. The summed E-state index contributed by atoms with van der Waals surface area (Å²) < 4.78 is 0. The lowest BCUT2D eigenvalue weighted by atomic mass is 10.2. The Hall–Kier alpha value is -0.400. The Bertz CT molecular complexity index is 94.7. The van der Waals surface area contributed by atoms with E-state index in [2.05, 4.69) is 17.2 Å². The van der Waals surface area contributed by atoms with Gasteiger partial charge in [0.1, 0.15) is 0 Å². The third-order valence-electron chi connectivity index (χ3n) is 1.60. The maximum atomic E-state index is 4.01. The van der Waals surface area contributed by atoms with Crippen molar-refractivity contribution in [3.05, 3.63) is 0 Å². The van der Waals surface area contributed by atoms with Crippen LogP contribution in [-0.4, -0.2) is 13.1 Å². The summed E-state index contributed by atoms with van der Waals surface area (Å²) in [6.07, 6.45) is 2.72. The van der Waals surface area contributed by atoms with E-state index in [4.69, 9.17) is 0 Å². The molecule has 0 saturated heterocycles. The van der Waals surface area contributed by atoms with E-state index in [1.54, 1.807) is 7.05 Å². The van der Waals surface area contributed by atoms with Crippen molar-refractivity contribution in [1.29, 1.82) is 0 Å². The van der Waals surface area contributed by atoms with Crippen molar-refractivity contribution in [2.24, 2.45) is 16.1 Å². The van der Waals surface area contributed by atoms with Crippen LogP contribution in [0.4, 0.5) is 0 Å². The highest BCUT2D eigenvalue weighted by molar-refractivity contribution is 4.81. The van der Waals surface area contributed by atoms with Gasteiger partial charge in [0.2, 0.25) is 0 Å². The second-order valence-electron chi connectivity index (χ2n) is 2.39. The number of azo groups is 1. The number of hydrogen-bond acceptors (Lipinski definition) is 2. The van der Waals surface area contributed by atoms with Crippen LogP contribution in [0.15, 0.2) is 10.2 Å². The molecule has 1 aliphatic rings. The second-order valence-corrected chi connectivity index (χ2v) is 2.39. The number of hydrogen-bond donors (Lipinski definition) is 0. The molecule has 46 valence electrons. The minimum atomic E-state index is 0.486. The van der Waals surface area contributed by atoms with Gasteiger partial charge in [0, 0.05) is 7.05 Å². The molecule has 0 radical (unpaired) electrons. The van der Waals surface area contributed by atoms with E-state index in [-0.39, 0.29) is 0 Å². The summed E-state index contributed by atoms with van der Waals surface area (Å²) in [5.41, 5.74) is 0. The molecule has 1 aliphatic carbocycles. The van der Waals surface area contributed by atoms with Crippen LogP contribution in [0.5, 0.6) is 0 Å². The minimum Gasteiger partial charge on any atom is -0.197 e. The maximum absolute atomic E-state index is 4.01. The summed E-state index contributed by atoms with van der Waals surface area (Å²) in [4.78, 5) is 0. The predicted octanol–water partition coefficient (Wildman–Crippen LogP) is 1.87. The first-order valence-corrected chi connectivity index (χ1v) is 3.13. The molecule has 2 nitrogen and oxygen atoms in total. The summed E-state index contributed by atoms with van der Waals surface area (Å²) >= 11 is 0. The van der Waals surface area contributed by atoms with Gasteiger partial charge in [-0.25, -0.2) is 0 Å². The van der Waals surface area contributed by atoms with Crippen molar-refractivity contribution in [2.45, 2.75) is 25.8 Å². The van der Waals surface area contributed by atoms with E-state index in [1.165, 1.54) is 12.8 Å². The van der Waals surface area contributed by atoms with Crippen molar-refractivity contribution >= 4 is 0 Å². The molecular formula is C6H12N2. The highest BCUT2D eigenvalue weighted by Gasteiger charge is 2.27. The first kappa shape index (κ1) is 5.73. The highest BCUT2D eigenvalue weighted by Crippen LogP contribution is 2.33. The lowest BCUT2D eigenvalue weighted by molar-refractivity contribution is 0.617. The molecule has 0 amide bonds. The van der Waals surface area contributed by atoms with Crippen molar-refractivity contribution in [3.8, 4) is 0 Å². The predicted molar refractivity (Wildman–Crippen MR) is 33.0 cm³/mol. The maximum Gasteiger partial charge on any atom is 0.0708 e. The van der Waals surface area contributed by atoms with Gasteiger partial charge in [-0.05, 0) is 25.7 Å². The Balaban J connectivity index is 2.22. The zero-order valence-corrected chi connectivity index (χ0v) is 5.46. The van der Waals surface area contributed by atoms with Crippen LogP contribution >= 0.6 is 0 Å². The SMILES string of the molecule is CN=NC(C)C1CC1. The lowest BCUT2D eigenvalue weighted by Crippen LogP contribution is -1.97. The first-order chi connectivity index (χ1) is 3.84. The molecule has 0 aromatic heterocycles. The van der Waals surface area contributed by atoms with Crippen molar-refractivity contribution in [2.75, 3.05) is 7.05 Å². The molecule has 1 unspecified atom stereocenters. The average Bonchev–Trinajstić information content (AvgIpc) is 2.45. The summed E-state index contributed by atoms with van der Waals surface area (Å²) in [7, 11) is 1.74. The van der Waals surface area contributed by atoms with Crippen LogP contribution < -0.4 is 0 Å². The standard InChI is InChI=1S/C6H12N2/c1-5(8-7-2)6-3-4-6/h5-6H,3-4H2,1-2H3. The van der Waals surface area contributed by atoms with Gasteiger partial charge in [-0.3, -0.25) is 0 Å². The average molecular weight is 112 g/mol. The molecule has 8 heavy (non-hydrogen) atoms. The van der Waals surface area contributed by atoms with Crippen molar-refractivity contribution < 1.29 is 0 Å². The Morgan fingerprint density at radius 2 is 2.12 bits per heavy atom. The van der Waals surface area contributed by atoms with E-state index in [9.17, 15) is 0 Å². The highest BCUT2D eigenvalue weighted by atomic mass is 15.1. The van der Waals surface area contributed by atoms with Gasteiger partial charge in [-0.2, -0.15) is 10.2 Å². The van der Waals surface area contributed by atoms with Gasteiger partial charge in [0.25, 0.3) is 0 Å². The van der Waals surface area contributed by atoms with Crippen molar-refractivity contribution in [1.82, 2.24) is 0 Å². The second kappa shape index (κ2) is 2.25. The molecular weight excluding hydrogens is 100 g/mol. The molecule has 0 bridgehead atoms. The van der Waals surface area contributed by atoms with Crippen LogP contribution in [0.1, 0.15) is 19.8 Å². The van der Waals surface area contributed by atoms with Gasteiger partial charge >= 0.3 is 0 Å². The Labute approximate surface area is 50.0 Å². The lowest BCUT2D eigenvalue weighted by Gasteiger charge is -1.96. The third kappa shape index (κ3) is 1.29. The zero-order valence-electron chi connectivity index (χ0n) is 5.46. The normalized spacial score (nSPS) is 24.2. The molecule has 0 aliphatic heterocycles. The van der Waals surface area contributed by atoms with Crippen molar-refractivity contribution in [3.63, 3.8) is 0 Å². The molecule has 0 heterocycles. The van der Waals surface area contributed by atoms with E-state index in [1.807, 2.05) is 0 Å². The number of rotatable bonds is 2. The van der Waals surface area contributed by atoms with Gasteiger partial charge in [0.05, 0.1) is 6.04 Å². The zero-order chi connectivity index (χ0) is 5.98.